The highest BCUT2D eigenvalue weighted by Gasteiger charge is 1.96. The van der Waals surface area contributed by atoms with E-state index >= 15 is 0 Å². The molecule has 0 atom stereocenters. The third kappa shape index (κ3) is 8.22. The van der Waals surface area contributed by atoms with Gasteiger partial charge in [-0.15, -0.1) is 0 Å². The number of hydrogen-bond donors (Lipinski definition) is 3. The molecule has 2 rings (SSSR count). The second-order valence-corrected chi connectivity index (χ2v) is 4.66. The smallest absolute Gasteiger partial charge is 0.101 e. The van der Waals surface area contributed by atoms with Crippen LogP contribution in [0.1, 0.15) is 22.3 Å². The van der Waals surface area contributed by atoms with Gasteiger partial charge in [0.1, 0.15) is 24.3 Å². The van der Waals surface area contributed by atoms with Crippen LogP contribution in [0.15, 0.2) is 48.5 Å². The number of aliphatic hydroxyl groups is 2. The molecule has 0 saturated heterocycles. The Labute approximate surface area is 152 Å². The van der Waals surface area contributed by atoms with Crippen molar-refractivity contribution in [3.05, 3.63) is 70.8 Å². The lowest BCUT2D eigenvalue weighted by Crippen LogP contribution is -2.27. The van der Waals surface area contributed by atoms with E-state index in [0.717, 1.165) is 0 Å². The van der Waals surface area contributed by atoms with Crippen molar-refractivity contribution in [3.8, 4) is 24.3 Å². The van der Waals surface area contributed by atoms with Crippen molar-refractivity contribution in [3.63, 3.8) is 0 Å². The van der Waals surface area contributed by atoms with Crippen molar-refractivity contribution in [1.29, 1.82) is 21.0 Å². The van der Waals surface area contributed by atoms with Gasteiger partial charge in [0.05, 0.1) is 41.5 Å². The molecule has 26 heavy (non-hydrogen) atoms. The molecule has 0 radical (unpaired) electrons. The number of rotatable bonds is 2. The zero-order valence-electron chi connectivity index (χ0n) is 13.9. The van der Waals surface area contributed by atoms with Gasteiger partial charge in [-0.1, -0.05) is 24.3 Å². The number of nitriles is 4. The SMILES string of the molecule is N#Cc1ccccc1C#N.N#Cc1ccccc1C#N.NC(CO)CO. The highest BCUT2D eigenvalue weighted by Crippen LogP contribution is 2.04. The van der Waals surface area contributed by atoms with E-state index in [1.54, 1.807) is 48.5 Å². The highest BCUT2D eigenvalue weighted by atomic mass is 16.3. The second-order valence-electron chi connectivity index (χ2n) is 4.66. The summed E-state index contributed by atoms with van der Waals surface area (Å²) in [6.45, 7) is -0.285. The summed E-state index contributed by atoms with van der Waals surface area (Å²) >= 11 is 0. The molecular weight excluding hydrogens is 330 g/mol. The third-order valence-corrected chi connectivity index (χ3v) is 2.80. The van der Waals surface area contributed by atoms with Gasteiger partial charge in [0.15, 0.2) is 0 Å². The van der Waals surface area contributed by atoms with Gasteiger partial charge in [0.2, 0.25) is 0 Å². The van der Waals surface area contributed by atoms with Crippen molar-refractivity contribution in [1.82, 2.24) is 0 Å². The van der Waals surface area contributed by atoms with Gasteiger partial charge < -0.3 is 15.9 Å². The van der Waals surface area contributed by atoms with Gasteiger partial charge in [0, 0.05) is 0 Å². The van der Waals surface area contributed by atoms with Crippen LogP contribution in [0.4, 0.5) is 0 Å². The molecule has 0 bridgehead atoms. The predicted octanol–water partition coefficient (Wildman–Crippen LogP) is 1.16. The first-order valence-corrected chi connectivity index (χ1v) is 7.33. The molecule has 0 aliphatic heterocycles. The van der Waals surface area contributed by atoms with Gasteiger partial charge in [-0.3, -0.25) is 0 Å². The lowest BCUT2D eigenvalue weighted by Gasteiger charge is -1.98. The number of nitrogens with zero attached hydrogens (tertiary/aromatic N) is 4. The van der Waals surface area contributed by atoms with E-state index < -0.39 is 6.04 Å². The Morgan fingerprint density at radius 2 is 0.885 bits per heavy atom. The molecular formula is C19H17N5O2. The van der Waals surface area contributed by atoms with E-state index in [9.17, 15) is 0 Å². The molecule has 7 nitrogen and oxygen atoms in total. The Balaban J connectivity index is 0.000000375. The Bertz CT molecular complexity index is 716. The summed E-state index contributed by atoms with van der Waals surface area (Å²) in [5.41, 5.74) is 6.71. The van der Waals surface area contributed by atoms with Crippen LogP contribution >= 0.6 is 0 Å². The molecule has 0 saturated carbocycles. The molecule has 2 aromatic carbocycles. The molecule has 0 heterocycles. The van der Waals surface area contributed by atoms with Crippen LogP contribution in [0.25, 0.3) is 0 Å². The topological polar surface area (TPSA) is 162 Å². The van der Waals surface area contributed by atoms with E-state index in [4.69, 9.17) is 37.0 Å². The Morgan fingerprint density at radius 3 is 1.00 bits per heavy atom. The molecule has 2 aromatic rings. The molecule has 0 aliphatic carbocycles. The van der Waals surface area contributed by atoms with E-state index in [1.165, 1.54) is 0 Å². The fraction of sp³-hybridized carbons (Fsp3) is 0.158. The fourth-order valence-corrected chi connectivity index (χ4v) is 1.41. The summed E-state index contributed by atoms with van der Waals surface area (Å²) in [7, 11) is 0. The number of aliphatic hydroxyl groups excluding tert-OH is 2. The lowest BCUT2D eigenvalue weighted by atomic mass is 10.1. The monoisotopic (exact) mass is 347 g/mol. The molecule has 0 spiro atoms. The Kier molecular flexibility index (Phi) is 11.7. The summed E-state index contributed by atoms with van der Waals surface area (Å²) in [5.74, 6) is 0. The number of benzene rings is 2. The summed E-state index contributed by atoms with van der Waals surface area (Å²) < 4.78 is 0. The maximum atomic E-state index is 8.45. The normalized spacial score (nSPS) is 8.31. The first kappa shape index (κ1) is 22.3. The first-order valence-electron chi connectivity index (χ1n) is 7.33. The highest BCUT2D eigenvalue weighted by molar-refractivity contribution is 5.45. The van der Waals surface area contributed by atoms with E-state index in [0.29, 0.717) is 22.3 Å². The minimum Gasteiger partial charge on any atom is -0.395 e. The largest absolute Gasteiger partial charge is 0.395 e. The maximum absolute atomic E-state index is 8.45. The molecule has 0 aliphatic rings. The summed E-state index contributed by atoms with van der Waals surface area (Å²) in [6, 6.07) is 20.7. The molecule has 7 heteroatoms. The summed E-state index contributed by atoms with van der Waals surface area (Å²) in [5, 5.41) is 49.9. The minimum absolute atomic E-state index is 0.142. The number of nitrogens with two attached hydrogens (primary N) is 1. The summed E-state index contributed by atoms with van der Waals surface area (Å²) in [6.07, 6.45) is 0. The van der Waals surface area contributed by atoms with Crippen molar-refractivity contribution in [2.45, 2.75) is 6.04 Å². The predicted molar refractivity (Wildman–Crippen MR) is 93.9 cm³/mol. The average Bonchev–Trinajstić information content (AvgIpc) is 2.73. The Hall–Kier alpha value is -3.72. The van der Waals surface area contributed by atoms with Crippen LogP contribution in [-0.2, 0) is 0 Å². The van der Waals surface area contributed by atoms with Gasteiger partial charge in [0.25, 0.3) is 0 Å². The van der Waals surface area contributed by atoms with Crippen LogP contribution in [0.3, 0.4) is 0 Å². The minimum atomic E-state index is -0.454. The van der Waals surface area contributed by atoms with Gasteiger partial charge in [-0.05, 0) is 24.3 Å². The van der Waals surface area contributed by atoms with E-state index in [2.05, 4.69) is 0 Å². The second kappa shape index (κ2) is 13.7. The maximum Gasteiger partial charge on any atom is 0.101 e. The zero-order valence-corrected chi connectivity index (χ0v) is 13.9. The van der Waals surface area contributed by atoms with Gasteiger partial charge in [-0.25, -0.2) is 0 Å². The van der Waals surface area contributed by atoms with E-state index in [1.807, 2.05) is 24.3 Å². The summed E-state index contributed by atoms with van der Waals surface area (Å²) in [4.78, 5) is 0. The molecule has 0 aromatic heterocycles. The molecule has 0 unspecified atom stereocenters. The molecule has 0 fully saturated rings. The third-order valence-electron chi connectivity index (χ3n) is 2.80. The van der Waals surface area contributed by atoms with Crippen molar-refractivity contribution >= 4 is 0 Å². The fourth-order valence-electron chi connectivity index (χ4n) is 1.41. The quantitative estimate of drug-likeness (QED) is 0.734. The molecule has 130 valence electrons. The molecule has 0 amide bonds. The Morgan fingerprint density at radius 1 is 0.654 bits per heavy atom. The van der Waals surface area contributed by atoms with Crippen molar-refractivity contribution < 1.29 is 10.2 Å². The average molecular weight is 347 g/mol. The molecule has 4 N–H and O–H groups in total. The zero-order chi connectivity index (χ0) is 19.8. The number of hydrogen-bond acceptors (Lipinski definition) is 7. The van der Waals surface area contributed by atoms with Crippen LogP contribution in [0.2, 0.25) is 0 Å². The van der Waals surface area contributed by atoms with Gasteiger partial charge in [-0.2, -0.15) is 21.0 Å². The van der Waals surface area contributed by atoms with Gasteiger partial charge >= 0.3 is 0 Å². The lowest BCUT2D eigenvalue weighted by molar-refractivity contribution is 0.194. The van der Waals surface area contributed by atoms with Crippen molar-refractivity contribution in [2.24, 2.45) is 5.73 Å². The van der Waals surface area contributed by atoms with Crippen molar-refractivity contribution in [2.75, 3.05) is 13.2 Å². The standard InChI is InChI=1S/2C8H4N2.C3H9NO2/c2*9-5-7-3-1-2-4-8(7)6-10;4-3(1-5)2-6/h2*1-4H;3,5-6H,1-2,4H2. The first-order chi connectivity index (χ1) is 12.6. The van der Waals surface area contributed by atoms with Crippen LogP contribution in [-0.4, -0.2) is 29.5 Å². The van der Waals surface area contributed by atoms with Crippen LogP contribution < -0.4 is 5.73 Å². The van der Waals surface area contributed by atoms with E-state index in [-0.39, 0.29) is 13.2 Å². The van der Waals surface area contributed by atoms with Crippen LogP contribution in [0.5, 0.6) is 0 Å². The van der Waals surface area contributed by atoms with Crippen LogP contribution in [0, 0.1) is 45.3 Å².